The number of benzene rings is 1. The van der Waals surface area contributed by atoms with Crippen LogP contribution in [-0.4, -0.2) is 42.6 Å². The molecule has 0 aliphatic carbocycles. The molecule has 0 radical (unpaired) electrons. The van der Waals surface area contributed by atoms with Gasteiger partial charge in [-0.2, -0.15) is 0 Å². The highest BCUT2D eigenvalue weighted by atomic mass is 79.9. The van der Waals surface area contributed by atoms with Gasteiger partial charge in [-0.25, -0.2) is 9.59 Å². The first-order valence-electron chi connectivity index (χ1n) is 7.38. The van der Waals surface area contributed by atoms with E-state index >= 15 is 0 Å². The number of halogens is 1. The van der Waals surface area contributed by atoms with E-state index in [4.69, 9.17) is 9.47 Å². The molecular weight excluding hydrogens is 380 g/mol. The fourth-order valence-electron chi connectivity index (χ4n) is 2.12. The summed E-state index contributed by atoms with van der Waals surface area (Å²) in [5, 5.41) is 2.52. The lowest BCUT2D eigenvalue weighted by atomic mass is 10.1. The zero-order valence-electron chi connectivity index (χ0n) is 13.3. The second kappa shape index (κ2) is 7.96. The number of imide groups is 1. The van der Waals surface area contributed by atoms with Gasteiger partial charge in [0.2, 0.25) is 0 Å². The van der Waals surface area contributed by atoms with E-state index in [-0.39, 0.29) is 25.5 Å². The summed E-state index contributed by atoms with van der Waals surface area (Å²) in [4.78, 5) is 36.4. The van der Waals surface area contributed by atoms with Crippen LogP contribution in [0.2, 0.25) is 0 Å². The molecule has 1 N–H and O–H groups in total. The van der Waals surface area contributed by atoms with Gasteiger partial charge >= 0.3 is 12.0 Å². The maximum atomic E-state index is 12.1. The molecule has 0 saturated carbocycles. The zero-order valence-corrected chi connectivity index (χ0v) is 14.9. The molecule has 2 rings (SSSR count). The van der Waals surface area contributed by atoms with Gasteiger partial charge < -0.3 is 14.8 Å². The van der Waals surface area contributed by atoms with Crippen LogP contribution in [0.5, 0.6) is 5.75 Å². The molecule has 1 heterocycles. The minimum absolute atomic E-state index is 0.154. The highest BCUT2D eigenvalue weighted by Gasteiger charge is 2.32. The molecule has 1 fully saturated rings. The summed E-state index contributed by atoms with van der Waals surface area (Å²) in [5.41, 5.74) is 0.705. The third-order valence-corrected chi connectivity index (χ3v) is 3.69. The molecule has 1 aromatic rings. The van der Waals surface area contributed by atoms with Crippen molar-refractivity contribution in [2.75, 3.05) is 19.8 Å². The first-order valence-corrected chi connectivity index (χ1v) is 8.18. The molecule has 3 amide bonds. The van der Waals surface area contributed by atoms with Crippen LogP contribution in [-0.2, 0) is 14.3 Å². The SMILES string of the molecule is CCOC(=O)COc1ccc(Br)cc1/C=C1/NC(=O)N(CC)C1=O. The normalized spacial score (nSPS) is 15.6. The van der Waals surface area contributed by atoms with Crippen LogP contribution in [0.25, 0.3) is 6.08 Å². The molecule has 0 spiro atoms. The number of carbonyl (C=O) groups is 3. The Kier molecular flexibility index (Phi) is 5.97. The minimum Gasteiger partial charge on any atom is -0.481 e. The topological polar surface area (TPSA) is 84.9 Å². The zero-order chi connectivity index (χ0) is 17.7. The van der Waals surface area contributed by atoms with E-state index in [2.05, 4.69) is 21.2 Å². The second-order valence-corrected chi connectivity index (χ2v) is 5.73. The molecule has 1 aliphatic rings. The average Bonchev–Trinajstić information content (AvgIpc) is 2.80. The van der Waals surface area contributed by atoms with Gasteiger partial charge in [0.25, 0.3) is 5.91 Å². The first-order chi connectivity index (χ1) is 11.5. The number of hydrogen-bond donors (Lipinski definition) is 1. The molecule has 1 aromatic carbocycles. The number of esters is 1. The van der Waals surface area contributed by atoms with Crippen molar-refractivity contribution >= 4 is 39.9 Å². The lowest BCUT2D eigenvalue weighted by molar-refractivity contribution is -0.145. The molecule has 1 aliphatic heterocycles. The lowest BCUT2D eigenvalue weighted by Gasteiger charge is -2.10. The Balaban J connectivity index is 2.25. The number of hydrogen-bond acceptors (Lipinski definition) is 5. The maximum Gasteiger partial charge on any atom is 0.344 e. The van der Waals surface area contributed by atoms with Gasteiger partial charge in [0.05, 0.1) is 6.61 Å². The van der Waals surface area contributed by atoms with Crippen LogP contribution in [0, 0.1) is 0 Å². The van der Waals surface area contributed by atoms with Crippen LogP contribution < -0.4 is 10.1 Å². The van der Waals surface area contributed by atoms with Gasteiger partial charge in [-0.3, -0.25) is 9.69 Å². The van der Waals surface area contributed by atoms with Crippen molar-refractivity contribution < 1.29 is 23.9 Å². The first kappa shape index (κ1) is 18.0. The number of rotatable bonds is 6. The van der Waals surface area contributed by atoms with Gasteiger partial charge in [-0.15, -0.1) is 0 Å². The number of amides is 3. The fraction of sp³-hybridized carbons (Fsp3) is 0.312. The summed E-state index contributed by atoms with van der Waals surface area (Å²) in [5.74, 6) is -0.490. The minimum atomic E-state index is -0.485. The molecule has 0 atom stereocenters. The Hall–Kier alpha value is -2.35. The van der Waals surface area contributed by atoms with Gasteiger partial charge in [-0.05, 0) is 38.1 Å². The summed E-state index contributed by atoms with van der Waals surface area (Å²) < 4.78 is 11.0. The Bertz CT molecular complexity index is 702. The van der Waals surface area contributed by atoms with E-state index in [1.54, 1.807) is 32.0 Å². The van der Waals surface area contributed by atoms with E-state index in [1.807, 2.05) is 0 Å². The molecule has 24 heavy (non-hydrogen) atoms. The number of likely N-dealkylation sites (N-methyl/N-ethyl adjacent to an activating group) is 1. The number of ether oxygens (including phenoxy) is 2. The Morgan fingerprint density at radius 3 is 2.71 bits per heavy atom. The standard InChI is InChI=1S/C16H17BrN2O5/c1-3-19-15(21)12(18-16(19)22)8-10-7-11(17)5-6-13(10)24-9-14(20)23-4-2/h5-8H,3-4,9H2,1-2H3,(H,18,22)/b12-8+. The number of nitrogens with one attached hydrogen (secondary N) is 1. The highest BCUT2D eigenvalue weighted by Crippen LogP contribution is 2.26. The van der Waals surface area contributed by atoms with Crippen molar-refractivity contribution in [3.63, 3.8) is 0 Å². The summed E-state index contributed by atoms with van der Waals surface area (Å²) >= 11 is 3.34. The van der Waals surface area contributed by atoms with E-state index < -0.39 is 17.9 Å². The van der Waals surface area contributed by atoms with Crippen molar-refractivity contribution in [3.05, 3.63) is 33.9 Å². The Labute approximate surface area is 147 Å². The summed E-state index contributed by atoms with van der Waals surface area (Å²) in [6.45, 7) is 3.74. The smallest absolute Gasteiger partial charge is 0.344 e. The quantitative estimate of drug-likeness (QED) is 0.453. The van der Waals surface area contributed by atoms with Crippen molar-refractivity contribution in [2.45, 2.75) is 13.8 Å². The molecule has 1 saturated heterocycles. The Morgan fingerprint density at radius 1 is 1.33 bits per heavy atom. The van der Waals surface area contributed by atoms with E-state index in [0.29, 0.717) is 11.3 Å². The van der Waals surface area contributed by atoms with Gasteiger partial charge in [0, 0.05) is 16.6 Å². The van der Waals surface area contributed by atoms with Crippen molar-refractivity contribution in [3.8, 4) is 5.75 Å². The summed E-state index contributed by atoms with van der Waals surface area (Å²) in [6.07, 6.45) is 1.52. The van der Waals surface area contributed by atoms with Crippen LogP contribution in [0.3, 0.4) is 0 Å². The highest BCUT2D eigenvalue weighted by molar-refractivity contribution is 9.10. The van der Waals surface area contributed by atoms with Crippen LogP contribution >= 0.6 is 15.9 Å². The monoisotopic (exact) mass is 396 g/mol. The molecule has 0 unspecified atom stereocenters. The molecule has 128 valence electrons. The largest absolute Gasteiger partial charge is 0.481 e. The summed E-state index contributed by atoms with van der Waals surface area (Å²) in [7, 11) is 0. The third kappa shape index (κ3) is 4.14. The average molecular weight is 397 g/mol. The number of carbonyl (C=O) groups excluding carboxylic acids is 3. The van der Waals surface area contributed by atoms with E-state index in [0.717, 1.165) is 9.37 Å². The van der Waals surface area contributed by atoms with Crippen molar-refractivity contribution in [1.82, 2.24) is 10.2 Å². The van der Waals surface area contributed by atoms with Gasteiger partial charge in [0.1, 0.15) is 11.4 Å². The van der Waals surface area contributed by atoms with Crippen LogP contribution in [0.4, 0.5) is 4.79 Å². The van der Waals surface area contributed by atoms with Crippen molar-refractivity contribution in [2.24, 2.45) is 0 Å². The third-order valence-electron chi connectivity index (χ3n) is 3.20. The van der Waals surface area contributed by atoms with Crippen LogP contribution in [0.15, 0.2) is 28.4 Å². The molecule has 0 aromatic heterocycles. The molecular formula is C16H17BrN2O5. The van der Waals surface area contributed by atoms with Crippen molar-refractivity contribution in [1.29, 1.82) is 0 Å². The van der Waals surface area contributed by atoms with Gasteiger partial charge in [0.15, 0.2) is 6.61 Å². The summed E-state index contributed by atoms with van der Waals surface area (Å²) in [6, 6.07) is 4.67. The number of nitrogens with zero attached hydrogens (tertiary/aromatic N) is 1. The second-order valence-electron chi connectivity index (χ2n) is 4.81. The fourth-order valence-corrected chi connectivity index (χ4v) is 2.50. The maximum absolute atomic E-state index is 12.1. The Morgan fingerprint density at radius 2 is 2.08 bits per heavy atom. The number of urea groups is 1. The molecule has 0 bridgehead atoms. The lowest BCUT2D eigenvalue weighted by Crippen LogP contribution is -2.30. The van der Waals surface area contributed by atoms with E-state index in [9.17, 15) is 14.4 Å². The predicted octanol–water partition coefficient (Wildman–Crippen LogP) is 2.30. The van der Waals surface area contributed by atoms with Gasteiger partial charge in [-0.1, -0.05) is 15.9 Å². The predicted molar refractivity (Wildman–Crippen MR) is 90.2 cm³/mol. The van der Waals surface area contributed by atoms with Crippen LogP contribution in [0.1, 0.15) is 19.4 Å². The molecule has 7 nitrogen and oxygen atoms in total. The van der Waals surface area contributed by atoms with E-state index in [1.165, 1.54) is 6.08 Å². The molecule has 8 heteroatoms.